The number of ether oxygens (including phenoxy) is 1. The number of carbonyl (C=O) groups excluding carboxylic acids is 1. The summed E-state index contributed by atoms with van der Waals surface area (Å²) in [5.41, 5.74) is 1.67. The van der Waals surface area contributed by atoms with E-state index in [9.17, 15) is 4.79 Å². The van der Waals surface area contributed by atoms with Crippen LogP contribution in [0.15, 0.2) is 56.8 Å². The van der Waals surface area contributed by atoms with Crippen molar-refractivity contribution in [2.45, 2.75) is 37.5 Å². The van der Waals surface area contributed by atoms with Gasteiger partial charge < -0.3 is 9.30 Å². The summed E-state index contributed by atoms with van der Waals surface area (Å²) in [5.74, 6) is -0.220. The summed E-state index contributed by atoms with van der Waals surface area (Å²) in [7, 11) is 0. The molecule has 0 aliphatic heterocycles. The molecule has 0 unspecified atom stereocenters. The molecule has 3 aromatic rings. The van der Waals surface area contributed by atoms with Crippen LogP contribution < -0.4 is 4.80 Å². The SMILES string of the molecule is CCOCCn1c(=NC(=O)c2cccc(SC(C)C)c2)sc2cc(Br)ccc21. The minimum Gasteiger partial charge on any atom is -0.380 e. The Bertz CT molecular complexity index is 1040. The van der Waals surface area contributed by atoms with E-state index in [1.54, 1.807) is 11.8 Å². The molecule has 7 heteroatoms. The van der Waals surface area contributed by atoms with Crippen molar-refractivity contribution in [2.24, 2.45) is 4.99 Å². The lowest BCUT2D eigenvalue weighted by Gasteiger charge is -2.06. The molecule has 0 spiro atoms. The second kappa shape index (κ2) is 9.87. The molecular weight excluding hydrogens is 456 g/mol. The Kier molecular flexibility index (Phi) is 7.51. The number of hydrogen-bond donors (Lipinski definition) is 0. The lowest BCUT2D eigenvalue weighted by molar-refractivity contribution is 0.0996. The van der Waals surface area contributed by atoms with Crippen LogP contribution in [-0.4, -0.2) is 28.9 Å². The van der Waals surface area contributed by atoms with Crippen LogP contribution in [0.3, 0.4) is 0 Å². The molecule has 0 N–H and O–H groups in total. The van der Waals surface area contributed by atoms with Gasteiger partial charge in [0.15, 0.2) is 4.80 Å². The van der Waals surface area contributed by atoms with Crippen molar-refractivity contribution in [1.29, 1.82) is 0 Å². The van der Waals surface area contributed by atoms with E-state index in [2.05, 4.69) is 45.4 Å². The standard InChI is InChI=1S/C21H23BrN2O2S2/c1-4-26-11-10-24-18-9-8-16(22)13-19(18)28-21(24)23-20(25)15-6-5-7-17(12-15)27-14(2)3/h5-9,12-14H,4,10-11H2,1-3H3. The van der Waals surface area contributed by atoms with Crippen molar-refractivity contribution < 1.29 is 9.53 Å². The Morgan fingerprint density at radius 1 is 1.29 bits per heavy atom. The van der Waals surface area contributed by atoms with Crippen LogP contribution in [-0.2, 0) is 11.3 Å². The van der Waals surface area contributed by atoms with E-state index in [1.807, 2.05) is 43.3 Å². The summed E-state index contributed by atoms with van der Waals surface area (Å²) in [4.78, 5) is 19.1. The number of benzene rings is 2. The Balaban J connectivity index is 2.00. The lowest BCUT2D eigenvalue weighted by Crippen LogP contribution is -2.19. The van der Waals surface area contributed by atoms with Crippen molar-refractivity contribution in [2.75, 3.05) is 13.2 Å². The van der Waals surface area contributed by atoms with Gasteiger partial charge in [-0.25, -0.2) is 0 Å². The number of thioether (sulfide) groups is 1. The van der Waals surface area contributed by atoms with Gasteiger partial charge in [-0.05, 0) is 43.3 Å². The third-order valence-corrected chi connectivity index (χ3v) is 6.49. The fraction of sp³-hybridized carbons (Fsp3) is 0.333. The molecule has 4 nitrogen and oxygen atoms in total. The molecular formula is C21H23BrN2O2S2. The van der Waals surface area contributed by atoms with E-state index >= 15 is 0 Å². The fourth-order valence-electron chi connectivity index (χ4n) is 2.77. The van der Waals surface area contributed by atoms with E-state index in [0.717, 1.165) is 19.6 Å². The number of rotatable bonds is 7. The Hall–Kier alpha value is -1.41. The first-order valence-electron chi connectivity index (χ1n) is 9.20. The molecule has 148 valence electrons. The van der Waals surface area contributed by atoms with Gasteiger partial charge in [-0.2, -0.15) is 4.99 Å². The van der Waals surface area contributed by atoms with Crippen molar-refractivity contribution in [3.63, 3.8) is 0 Å². The zero-order chi connectivity index (χ0) is 20.1. The quantitative estimate of drug-likeness (QED) is 0.321. The number of thiazole rings is 1. The second-order valence-corrected chi connectivity index (χ2v) is 10.0. The van der Waals surface area contributed by atoms with E-state index in [4.69, 9.17) is 4.74 Å². The smallest absolute Gasteiger partial charge is 0.279 e. The van der Waals surface area contributed by atoms with Gasteiger partial charge in [-0.1, -0.05) is 47.2 Å². The van der Waals surface area contributed by atoms with Gasteiger partial charge in [0, 0.05) is 33.3 Å². The highest BCUT2D eigenvalue weighted by Gasteiger charge is 2.11. The highest BCUT2D eigenvalue weighted by Crippen LogP contribution is 2.24. The van der Waals surface area contributed by atoms with Gasteiger partial charge in [-0.3, -0.25) is 4.79 Å². The lowest BCUT2D eigenvalue weighted by atomic mass is 10.2. The van der Waals surface area contributed by atoms with E-state index in [1.165, 1.54) is 11.3 Å². The third kappa shape index (κ3) is 5.35. The summed E-state index contributed by atoms with van der Waals surface area (Å²) in [6, 6.07) is 13.8. The maximum atomic E-state index is 12.9. The van der Waals surface area contributed by atoms with Crippen LogP contribution in [0.25, 0.3) is 10.2 Å². The summed E-state index contributed by atoms with van der Waals surface area (Å²) in [6.07, 6.45) is 0. The van der Waals surface area contributed by atoms with Crippen molar-refractivity contribution in [1.82, 2.24) is 4.57 Å². The Labute approximate surface area is 181 Å². The van der Waals surface area contributed by atoms with Crippen LogP contribution in [0.2, 0.25) is 0 Å². The molecule has 1 aromatic heterocycles. The molecule has 28 heavy (non-hydrogen) atoms. The number of carbonyl (C=O) groups is 1. The molecule has 0 aliphatic carbocycles. The van der Waals surface area contributed by atoms with E-state index in [0.29, 0.717) is 35.4 Å². The molecule has 0 radical (unpaired) electrons. The molecule has 3 rings (SSSR count). The first kappa shape index (κ1) is 21.3. The monoisotopic (exact) mass is 478 g/mol. The minimum atomic E-state index is -0.220. The highest BCUT2D eigenvalue weighted by molar-refractivity contribution is 9.10. The number of hydrogen-bond acceptors (Lipinski definition) is 4. The first-order chi connectivity index (χ1) is 13.5. The largest absolute Gasteiger partial charge is 0.380 e. The van der Waals surface area contributed by atoms with Crippen LogP contribution in [0.1, 0.15) is 31.1 Å². The van der Waals surface area contributed by atoms with Crippen molar-refractivity contribution in [3.05, 3.63) is 57.3 Å². The van der Waals surface area contributed by atoms with Gasteiger partial charge in [0.25, 0.3) is 5.91 Å². The Morgan fingerprint density at radius 2 is 2.11 bits per heavy atom. The first-order valence-corrected chi connectivity index (χ1v) is 11.7. The van der Waals surface area contributed by atoms with Crippen LogP contribution in [0.5, 0.6) is 0 Å². The molecule has 2 aromatic carbocycles. The number of halogens is 1. The molecule has 1 heterocycles. The topological polar surface area (TPSA) is 43.6 Å². The maximum Gasteiger partial charge on any atom is 0.279 e. The van der Waals surface area contributed by atoms with Gasteiger partial charge in [-0.15, -0.1) is 11.8 Å². The van der Waals surface area contributed by atoms with Gasteiger partial charge in [0.2, 0.25) is 0 Å². The van der Waals surface area contributed by atoms with Gasteiger partial charge in [0.05, 0.1) is 16.8 Å². The van der Waals surface area contributed by atoms with Crippen molar-refractivity contribution in [3.8, 4) is 0 Å². The Morgan fingerprint density at radius 3 is 2.86 bits per heavy atom. The van der Waals surface area contributed by atoms with Crippen LogP contribution in [0, 0.1) is 0 Å². The minimum absolute atomic E-state index is 0.220. The second-order valence-electron chi connectivity index (χ2n) is 6.46. The van der Waals surface area contributed by atoms with Gasteiger partial charge in [0.1, 0.15) is 0 Å². The summed E-state index contributed by atoms with van der Waals surface area (Å²) in [5, 5.41) is 0.462. The third-order valence-electron chi connectivity index (χ3n) is 3.96. The van der Waals surface area contributed by atoms with Crippen LogP contribution >= 0.6 is 39.0 Å². The molecule has 0 saturated carbocycles. The molecule has 0 aliphatic rings. The molecule has 1 amide bonds. The zero-order valence-electron chi connectivity index (χ0n) is 16.1. The molecule has 0 bridgehead atoms. The molecule has 0 fully saturated rings. The molecule has 0 saturated heterocycles. The average Bonchev–Trinajstić information content (AvgIpc) is 2.98. The predicted molar refractivity (Wildman–Crippen MR) is 121 cm³/mol. The number of aromatic nitrogens is 1. The molecule has 0 atom stereocenters. The summed E-state index contributed by atoms with van der Waals surface area (Å²) >= 11 is 6.78. The van der Waals surface area contributed by atoms with E-state index in [-0.39, 0.29) is 5.91 Å². The number of amides is 1. The number of fused-ring (bicyclic) bond motifs is 1. The van der Waals surface area contributed by atoms with Crippen LogP contribution in [0.4, 0.5) is 0 Å². The number of nitrogens with zero attached hydrogens (tertiary/aromatic N) is 2. The van der Waals surface area contributed by atoms with Gasteiger partial charge >= 0.3 is 0 Å². The fourth-order valence-corrected chi connectivity index (χ4v) is 5.28. The zero-order valence-corrected chi connectivity index (χ0v) is 19.4. The van der Waals surface area contributed by atoms with E-state index < -0.39 is 0 Å². The van der Waals surface area contributed by atoms with Crippen molar-refractivity contribution >= 4 is 55.2 Å². The summed E-state index contributed by atoms with van der Waals surface area (Å²) < 4.78 is 9.68. The highest BCUT2D eigenvalue weighted by atomic mass is 79.9. The average molecular weight is 479 g/mol. The summed E-state index contributed by atoms with van der Waals surface area (Å²) in [6.45, 7) is 8.16. The predicted octanol–water partition coefficient (Wildman–Crippen LogP) is 5.74. The normalized spacial score (nSPS) is 12.2. The maximum absolute atomic E-state index is 12.9.